The fourth-order valence-corrected chi connectivity index (χ4v) is 10.1. The molecule has 0 aliphatic heterocycles. The highest BCUT2D eigenvalue weighted by molar-refractivity contribution is 6.68. The molecule has 0 amide bonds. The predicted molar refractivity (Wildman–Crippen MR) is 275 cm³/mol. The van der Waals surface area contributed by atoms with E-state index in [-0.39, 0.29) is 0 Å². The zero-order chi connectivity index (χ0) is 41.8. The molecule has 0 N–H and O–H groups in total. The Bertz CT molecular complexity index is 3790. The molecule has 0 saturated carbocycles. The summed E-state index contributed by atoms with van der Waals surface area (Å²) in [6.45, 7) is 0. The van der Waals surface area contributed by atoms with E-state index in [1.54, 1.807) is 0 Å². The number of para-hydroxylation sites is 4. The Hall–Kier alpha value is -7.51. The maximum Gasteiger partial charge on any atom is 0.238 e. The van der Waals surface area contributed by atoms with Crippen molar-refractivity contribution in [2.75, 3.05) is 0 Å². The summed E-state index contributed by atoms with van der Waals surface area (Å²) in [6.07, 6.45) is 0. The molecule has 0 atom stereocenters. The second-order valence-corrected chi connectivity index (χ2v) is 16.6. The molecular formula is C51H37B5N6. The summed E-state index contributed by atoms with van der Waals surface area (Å²) in [7, 11) is 11.3. The Labute approximate surface area is 362 Å². The maximum atomic E-state index is 5.57. The lowest BCUT2D eigenvalue weighted by Gasteiger charge is -2.23. The van der Waals surface area contributed by atoms with Crippen LogP contribution in [0.3, 0.4) is 0 Å². The van der Waals surface area contributed by atoms with E-state index in [2.05, 4.69) is 199 Å². The molecule has 4 aromatic heterocycles. The van der Waals surface area contributed by atoms with E-state index < -0.39 is 0 Å². The Morgan fingerprint density at radius 2 is 0.823 bits per heavy atom. The highest BCUT2D eigenvalue weighted by Gasteiger charge is 2.26. The van der Waals surface area contributed by atoms with E-state index in [4.69, 9.17) is 15.0 Å². The summed E-state index contributed by atoms with van der Waals surface area (Å²) in [6, 6.07) is 58.1. The molecular weight excluding hydrogens is 751 g/mol. The first-order valence-corrected chi connectivity index (χ1v) is 21.3. The monoisotopic (exact) mass is 788 g/mol. The van der Waals surface area contributed by atoms with Gasteiger partial charge in [-0.25, -0.2) is 4.98 Å². The van der Waals surface area contributed by atoms with Gasteiger partial charge in [0.05, 0.1) is 33.1 Å². The summed E-state index contributed by atoms with van der Waals surface area (Å²) in [5.41, 5.74) is 17.4. The highest BCUT2D eigenvalue weighted by Crippen LogP contribution is 2.42. The van der Waals surface area contributed by atoms with Crippen molar-refractivity contribution in [1.29, 1.82) is 0 Å². The largest absolute Gasteiger partial charge is 0.309 e. The van der Waals surface area contributed by atoms with Gasteiger partial charge in [0, 0.05) is 54.8 Å². The molecule has 0 aliphatic carbocycles. The molecule has 286 valence electrons. The molecule has 4 heterocycles. The molecule has 12 rings (SSSR count). The summed E-state index contributed by atoms with van der Waals surface area (Å²) in [5, 5.41) is 6.92. The van der Waals surface area contributed by atoms with Crippen LogP contribution in [0.2, 0.25) is 0 Å². The third-order valence-electron chi connectivity index (χ3n) is 13.5. The fraction of sp³-hybridized carbons (Fsp3) is 0. The van der Waals surface area contributed by atoms with Gasteiger partial charge in [-0.1, -0.05) is 149 Å². The van der Waals surface area contributed by atoms with Gasteiger partial charge < -0.3 is 9.13 Å². The molecule has 0 bridgehead atoms. The third-order valence-corrected chi connectivity index (χ3v) is 13.5. The van der Waals surface area contributed by atoms with Crippen molar-refractivity contribution in [3.8, 4) is 40.1 Å². The number of benzene rings is 8. The lowest BCUT2D eigenvalue weighted by Crippen LogP contribution is -2.56. The van der Waals surface area contributed by atoms with Crippen molar-refractivity contribution in [3.63, 3.8) is 0 Å². The van der Waals surface area contributed by atoms with Gasteiger partial charge in [0.25, 0.3) is 0 Å². The van der Waals surface area contributed by atoms with Gasteiger partial charge in [0.2, 0.25) is 5.95 Å². The van der Waals surface area contributed by atoms with Crippen molar-refractivity contribution in [2.24, 2.45) is 0 Å². The molecule has 0 aliphatic rings. The molecule has 0 fully saturated rings. The first-order chi connectivity index (χ1) is 30.4. The number of rotatable bonds is 5. The topological polar surface area (TPSA) is 53.5 Å². The Morgan fingerprint density at radius 1 is 0.339 bits per heavy atom. The van der Waals surface area contributed by atoms with E-state index in [0.29, 0.717) is 17.6 Å². The number of hydrogen-bond donors (Lipinski definition) is 0. The molecule has 0 radical (unpaired) electrons. The van der Waals surface area contributed by atoms with Crippen LogP contribution in [-0.2, 0) is 0 Å². The molecule has 0 spiro atoms. The van der Waals surface area contributed by atoms with Crippen molar-refractivity contribution < 1.29 is 0 Å². The van der Waals surface area contributed by atoms with E-state index in [1.165, 1.54) is 49.3 Å². The predicted octanol–water partition coefficient (Wildman–Crippen LogP) is 3.79. The smallest absolute Gasteiger partial charge is 0.238 e. The number of nitrogens with zero attached hydrogens (tertiary/aromatic N) is 6. The van der Waals surface area contributed by atoms with Crippen LogP contribution in [-0.4, -0.2) is 67.9 Å². The lowest BCUT2D eigenvalue weighted by atomic mass is 9.61. The molecule has 12 aromatic rings. The van der Waals surface area contributed by atoms with Crippen molar-refractivity contribution in [3.05, 3.63) is 164 Å². The average Bonchev–Trinajstić information content (AvgIpc) is 3.97. The number of fused-ring (bicyclic) bond motifs is 10. The second-order valence-electron chi connectivity index (χ2n) is 16.6. The van der Waals surface area contributed by atoms with Crippen LogP contribution in [0, 0.1) is 0 Å². The van der Waals surface area contributed by atoms with Gasteiger partial charge in [-0.2, -0.15) is 9.97 Å². The molecule has 62 heavy (non-hydrogen) atoms. The summed E-state index contributed by atoms with van der Waals surface area (Å²) >= 11 is 0. The van der Waals surface area contributed by atoms with E-state index in [9.17, 15) is 0 Å². The van der Waals surface area contributed by atoms with Gasteiger partial charge in [-0.05, 0) is 36.4 Å². The molecule has 0 saturated heterocycles. The van der Waals surface area contributed by atoms with Crippen molar-refractivity contribution in [1.82, 2.24) is 28.7 Å². The van der Waals surface area contributed by atoms with Crippen LogP contribution in [0.1, 0.15) is 0 Å². The summed E-state index contributed by atoms with van der Waals surface area (Å²) < 4.78 is 7.16. The van der Waals surface area contributed by atoms with Gasteiger partial charge in [-0.15, -0.1) is 5.46 Å². The normalized spacial score (nSPS) is 11.9. The summed E-state index contributed by atoms with van der Waals surface area (Å²) in [4.78, 5) is 16.3. The van der Waals surface area contributed by atoms with Gasteiger partial charge in [-0.3, -0.25) is 4.57 Å². The van der Waals surface area contributed by atoms with Crippen LogP contribution in [0.4, 0.5) is 0 Å². The average molecular weight is 788 g/mol. The summed E-state index contributed by atoms with van der Waals surface area (Å²) in [5.74, 6) is 1.80. The quantitative estimate of drug-likeness (QED) is 0.250. The minimum Gasteiger partial charge on any atom is -0.309 e. The Morgan fingerprint density at radius 3 is 1.47 bits per heavy atom. The van der Waals surface area contributed by atoms with Crippen LogP contribution in [0.15, 0.2) is 164 Å². The minimum absolute atomic E-state index is 0.567. The first-order valence-electron chi connectivity index (χ1n) is 21.3. The maximum absolute atomic E-state index is 5.57. The van der Waals surface area contributed by atoms with Crippen LogP contribution in [0.25, 0.3) is 106 Å². The van der Waals surface area contributed by atoms with Crippen molar-refractivity contribution in [2.45, 2.75) is 0 Å². The third kappa shape index (κ3) is 5.14. The van der Waals surface area contributed by atoms with E-state index >= 15 is 0 Å². The number of aromatic nitrogens is 6. The zero-order valence-corrected chi connectivity index (χ0v) is 35.3. The van der Waals surface area contributed by atoms with Gasteiger partial charge in [0.15, 0.2) is 11.6 Å². The fourth-order valence-electron chi connectivity index (χ4n) is 10.1. The standard InChI is InChI=1S/C51H37B5N6/c52-41-42(53)44(55)48(45(56)43(41)54)61-36-22-10-7-18-30(36)32-26-27-33-31-19-8-11-23-37(31)62(47(33)46(32)61)51-58-49(28-14-3-1-4-15-28)57-50(59-51)35-21-13-25-39-40(35)34-20-9-12-24-38(34)60(39)29-16-5-2-6-17-29/h1-27H,52-56H2. The van der Waals surface area contributed by atoms with Crippen molar-refractivity contribution >= 4 is 132 Å². The zero-order valence-electron chi connectivity index (χ0n) is 35.3. The van der Waals surface area contributed by atoms with Crippen LogP contribution < -0.4 is 27.3 Å². The number of hydrogen-bond acceptors (Lipinski definition) is 3. The Kier molecular flexibility index (Phi) is 8.07. The van der Waals surface area contributed by atoms with E-state index in [0.717, 1.165) is 65.9 Å². The van der Waals surface area contributed by atoms with Crippen LogP contribution >= 0.6 is 0 Å². The Balaban J connectivity index is 1.24. The highest BCUT2D eigenvalue weighted by atomic mass is 15.2. The minimum atomic E-state index is 0.567. The van der Waals surface area contributed by atoms with Gasteiger partial charge in [0.1, 0.15) is 39.2 Å². The second kappa shape index (κ2) is 13.8. The molecule has 11 heteroatoms. The SMILES string of the molecule is Bc1c(B)c(B)c(-n2c3ccccc3c3ccc4c5ccccc5n(-c5nc(-c6ccccc6)nc(-c6cccc7c6c6ccccc6n7-c6ccccc6)n5)c4c32)c(B)c1B. The first kappa shape index (κ1) is 36.4. The molecule has 6 nitrogen and oxygen atoms in total. The van der Waals surface area contributed by atoms with Gasteiger partial charge >= 0.3 is 0 Å². The van der Waals surface area contributed by atoms with E-state index in [1.807, 2.05) is 18.2 Å². The molecule has 8 aromatic carbocycles. The lowest BCUT2D eigenvalue weighted by molar-refractivity contribution is 0.954. The van der Waals surface area contributed by atoms with Crippen LogP contribution in [0.5, 0.6) is 0 Å². The molecule has 0 unspecified atom stereocenters.